The van der Waals surface area contributed by atoms with Gasteiger partial charge in [-0.2, -0.15) is 4.98 Å². The van der Waals surface area contributed by atoms with Gasteiger partial charge in [-0.3, -0.25) is 9.88 Å². The molecule has 34 heavy (non-hydrogen) atoms. The van der Waals surface area contributed by atoms with Crippen LogP contribution in [0.15, 0.2) is 35.3 Å². The zero-order valence-electron chi connectivity index (χ0n) is 19.8. The van der Waals surface area contributed by atoms with Crippen LogP contribution in [0, 0.1) is 12.7 Å². The minimum atomic E-state index is -0.643. The SMILES string of the molecule is C=C1CCN(C2CN(c3nc(=O)n(-c4c(C)ccnc4C(C)C)c4nc(Cl)c(F)cc34)C2)C1C. The van der Waals surface area contributed by atoms with Crippen molar-refractivity contribution in [2.24, 2.45) is 0 Å². The fraction of sp³-hybridized carbons (Fsp3) is 0.440. The maximum Gasteiger partial charge on any atom is 0.355 e. The zero-order valence-corrected chi connectivity index (χ0v) is 20.6. The summed E-state index contributed by atoms with van der Waals surface area (Å²) in [6.07, 6.45) is 2.72. The number of nitrogens with zero attached hydrogens (tertiary/aromatic N) is 6. The summed E-state index contributed by atoms with van der Waals surface area (Å²) in [5, 5.41) is 0.174. The highest BCUT2D eigenvalue weighted by Crippen LogP contribution is 2.34. The largest absolute Gasteiger partial charge is 0.355 e. The minimum absolute atomic E-state index is 0.0563. The second-order valence-corrected chi connectivity index (χ2v) is 9.94. The first-order valence-electron chi connectivity index (χ1n) is 11.6. The van der Waals surface area contributed by atoms with Crippen molar-refractivity contribution in [1.29, 1.82) is 0 Å². The highest BCUT2D eigenvalue weighted by Gasteiger charge is 2.39. The third-order valence-corrected chi connectivity index (χ3v) is 7.36. The van der Waals surface area contributed by atoms with Crippen LogP contribution in [-0.2, 0) is 0 Å². The van der Waals surface area contributed by atoms with Gasteiger partial charge in [-0.15, -0.1) is 0 Å². The van der Waals surface area contributed by atoms with Crippen LogP contribution in [0.5, 0.6) is 0 Å². The number of aryl methyl sites for hydroxylation is 1. The molecule has 0 radical (unpaired) electrons. The van der Waals surface area contributed by atoms with Gasteiger partial charge < -0.3 is 4.90 Å². The molecule has 3 aromatic rings. The Hall–Kier alpha value is -2.84. The fourth-order valence-electron chi connectivity index (χ4n) is 5.06. The van der Waals surface area contributed by atoms with Gasteiger partial charge in [-0.1, -0.05) is 37.6 Å². The topological polar surface area (TPSA) is 67.2 Å². The first-order chi connectivity index (χ1) is 16.2. The van der Waals surface area contributed by atoms with Crippen molar-refractivity contribution in [1.82, 2.24) is 24.4 Å². The molecule has 3 aromatic heterocycles. The summed E-state index contributed by atoms with van der Waals surface area (Å²) in [5.74, 6) is -0.148. The van der Waals surface area contributed by atoms with Gasteiger partial charge in [0.05, 0.1) is 16.8 Å². The van der Waals surface area contributed by atoms with E-state index in [2.05, 4.69) is 33.4 Å². The predicted molar refractivity (Wildman–Crippen MR) is 133 cm³/mol. The number of anilines is 1. The molecule has 2 aliphatic rings. The van der Waals surface area contributed by atoms with Crippen molar-refractivity contribution in [2.45, 2.75) is 52.1 Å². The molecule has 5 heterocycles. The van der Waals surface area contributed by atoms with Crippen LogP contribution in [-0.4, -0.2) is 56.1 Å². The molecule has 2 fully saturated rings. The number of rotatable bonds is 4. The summed E-state index contributed by atoms with van der Waals surface area (Å²) < 4.78 is 16.0. The van der Waals surface area contributed by atoms with E-state index in [4.69, 9.17) is 11.6 Å². The Balaban J connectivity index is 1.63. The lowest BCUT2D eigenvalue weighted by molar-refractivity contribution is 0.168. The van der Waals surface area contributed by atoms with Crippen LogP contribution in [0.2, 0.25) is 5.15 Å². The fourth-order valence-corrected chi connectivity index (χ4v) is 5.19. The van der Waals surface area contributed by atoms with E-state index in [1.807, 2.05) is 31.7 Å². The Labute approximate surface area is 202 Å². The van der Waals surface area contributed by atoms with Crippen molar-refractivity contribution < 1.29 is 4.39 Å². The quantitative estimate of drug-likeness (QED) is 0.409. The van der Waals surface area contributed by atoms with E-state index in [9.17, 15) is 9.18 Å². The average molecular weight is 483 g/mol. The Kier molecular flexibility index (Phi) is 5.68. The van der Waals surface area contributed by atoms with E-state index in [1.165, 1.54) is 16.2 Å². The number of hydrogen-bond acceptors (Lipinski definition) is 6. The van der Waals surface area contributed by atoms with Gasteiger partial charge in [-0.25, -0.2) is 18.7 Å². The van der Waals surface area contributed by atoms with E-state index in [1.54, 1.807) is 6.20 Å². The molecule has 2 saturated heterocycles. The van der Waals surface area contributed by atoms with Crippen LogP contribution in [0.25, 0.3) is 16.7 Å². The Morgan fingerprint density at radius 2 is 2.00 bits per heavy atom. The molecule has 0 bridgehead atoms. The number of fused-ring (bicyclic) bond motifs is 1. The summed E-state index contributed by atoms with van der Waals surface area (Å²) in [6.45, 7) is 14.7. The molecule has 1 atom stereocenters. The zero-order chi connectivity index (χ0) is 24.3. The Bertz CT molecular complexity index is 1360. The third-order valence-electron chi connectivity index (χ3n) is 7.09. The number of halogens is 2. The molecule has 0 spiro atoms. The minimum Gasteiger partial charge on any atom is -0.353 e. The van der Waals surface area contributed by atoms with E-state index < -0.39 is 11.5 Å². The van der Waals surface area contributed by atoms with Gasteiger partial charge in [0.2, 0.25) is 0 Å². The molecule has 178 valence electrons. The third kappa shape index (κ3) is 3.60. The number of hydrogen-bond donors (Lipinski definition) is 0. The van der Waals surface area contributed by atoms with Crippen molar-refractivity contribution in [2.75, 3.05) is 24.5 Å². The molecule has 5 rings (SSSR count). The molecule has 0 N–H and O–H groups in total. The van der Waals surface area contributed by atoms with Crippen LogP contribution in [0.4, 0.5) is 10.2 Å². The van der Waals surface area contributed by atoms with Crippen LogP contribution < -0.4 is 10.6 Å². The van der Waals surface area contributed by atoms with Gasteiger partial charge >= 0.3 is 5.69 Å². The molecule has 2 aliphatic heterocycles. The van der Waals surface area contributed by atoms with Crippen molar-refractivity contribution >= 4 is 28.5 Å². The van der Waals surface area contributed by atoms with Gasteiger partial charge in [0.15, 0.2) is 16.6 Å². The molecule has 0 aliphatic carbocycles. The molecule has 0 saturated carbocycles. The van der Waals surface area contributed by atoms with Gasteiger partial charge in [-0.05, 0) is 43.9 Å². The normalized spacial score (nSPS) is 19.4. The monoisotopic (exact) mass is 482 g/mol. The number of pyridine rings is 2. The Morgan fingerprint density at radius 1 is 1.26 bits per heavy atom. The second-order valence-electron chi connectivity index (χ2n) is 9.58. The molecule has 1 unspecified atom stereocenters. The summed E-state index contributed by atoms with van der Waals surface area (Å²) in [7, 11) is 0. The molecule has 7 nitrogen and oxygen atoms in total. The predicted octanol–water partition coefficient (Wildman–Crippen LogP) is 4.24. The smallest absolute Gasteiger partial charge is 0.353 e. The maximum atomic E-state index is 14.6. The van der Waals surface area contributed by atoms with E-state index in [0.29, 0.717) is 42.1 Å². The van der Waals surface area contributed by atoms with Crippen LogP contribution in [0.1, 0.15) is 44.4 Å². The lowest BCUT2D eigenvalue weighted by Gasteiger charge is -2.46. The Morgan fingerprint density at radius 3 is 2.65 bits per heavy atom. The van der Waals surface area contributed by atoms with Crippen molar-refractivity contribution in [3.8, 4) is 5.69 Å². The molecular weight excluding hydrogens is 455 g/mol. The first kappa shape index (κ1) is 22.9. The van der Waals surface area contributed by atoms with E-state index >= 15 is 0 Å². The summed E-state index contributed by atoms with van der Waals surface area (Å²) >= 11 is 6.09. The highest BCUT2D eigenvalue weighted by atomic mass is 35.5. The van der Waals surface area contributed by atoms with E-state index in [-0.39, 0.29) is 16.7 Å². The van der Waals surface area contributed by atoms with Crippen molar-refractivity contribution in [3.63, 3.8) is 0 Å². The summed E-state index contributed by atoms with van der Waals surface area (Å²) in [4.78, 5) is 31.2. The molecule has 0 aromatic carbocycles. The van der Waals surface area contributed by atoms with Gasteiger partial charge in [0.1, 0.15) is 5.82 Å². The van der Waals surface area contributed by atoms with E-state index in [0.717, 1.165) is 24.2 Å². The van der Waals surface area contributed by atoms with Gasteiger partial charge in [0.25, 0.3) is 0 Å². The van der Waals surface area contributed by atoms with Crippen molar-refractivity contribution in [3.05, 3.63) is 63.2 Å². The van der Waals surface area contributed by atoms with Gasteiger partial charge in [0, 0.05) is 37.9 Å². The average Bonchev–Trinajstić information content (AvgIpc) is 3.07. The maximum absolute atomic E-state index is 14.6. The summed E-state index contributed by atoms with van der Waals surface area (Å²) in [6, 6.07) is 3.85. The van der Waals surface area contributed by atoms with Crippen LogP contribution >= 0.6 is 11.6 Å². The lowest BCUT2D eigenvalue weighted by Crippen LogP contribution is -2.60. The standard InChI is InChI=1S/C25H28ClFN6O/c1-13(2)20-21(15(4)6-8-28-20)33-24-18(10-19(27)22(26)29-24)23(30-25(33)34)31-11-17(12-31)32-9-7-14(3)16(32)5/h6,8,10,13,16-17H,3,7,9,11-12H2,1-2,4-5H3. The molecule has 0 amide bonds. The second kappa shape index (κ2) is 8.43. The molecular formula is C25H28ClFN6O. The number of aromatic nitrogens is 4. The number of likely N-dealkylation sites (tertiary alicyclic amines) is 1. The highest BCUT2D eigenvalue weighted by molar-refractivity contribution is 6.30. The molecule has 9 heteroatoms. The lowest BCUT2D eigenvalue weighted by atomic mass is 10.0. The first-order valence-corrected chi connectivity index (χ1v) is 12.0. The summed E-state index contributed by atoms with van der Waals surface area (Å²) in [5.41, 5.74) is 3.26. The van der Waals surface area contributed by atoms with Crippen LogP contribution in [0.3, 0.4) is 0 Å².